The average Bonchev–Trinajstić information content (AvgIpc) is 3.54. The number of amides is 4. The van der Waals surface area contributed by atoms with Gasteiger partial charge in [0, 0.05) is 39.0 Å². The van der Waals surface area contributed by atoms with Crippen molar-refractivity contribution in [3.63, 3.8) is 0 Å². The van der Waals surface area contributed by atoms with Gasteiger partial charge in [0.2, 0.25) is 11.8 Å². The topological polar surface area (TPSA) is 144 Å². The first kappa shape index (κ1) is 30.6. The molecule has 0 spiro atoms. The molecular formula is C35H28N4O5S. The van der Waals surface area contributed by atoms with Crippen LogP contribution in [0.3, 0.4) is 0 Å². The number of benzene rings is 4. The summed E-state index contributed by atoms with van der Waals surface area (Å²) < 4.78 is 5.94. The van der Waals surface area contributed by atoms with Crippen LogP contribution in [0, 0.1) is 0 Å². The first-order chi connectivity index (χ1) is 21.8. The van der Waals surface area contributed by atoms with Gasteiger partial charge in [-0.25, -0.2) is 0 Å². The summed E-state index contributed by atoms with van der Waals surface area (Å²) in [6, 6.07) is 34.9. The number of nitrogens with two attached hydrogens (primary N) is 1. The standard InChI is InChI=1S/C35H28N4O5S/c36-33(41)24-11-13-26(14-12-24)37-32(40)22-45-29-18-15-27(16-19-29)38-35(43)30(39-34(42)25-9-5-2-6-10-25)21-28-17-20-31(44-28)23-7-3-1-4-8-23/h1-21H,22H2,(H2,36,41)(H,37,40)(H,38,43)(H,39,42). The molecule has 10 heteroatoms. The number of furan rings is 1. The van der Waals surface area contributed by atoms with Crippen LogP contribution in [-0.2, 0) is 9.59 Å². The van der Waals surface area contributed by atoms with E-state index in [2.05, 4.69) is 16.0 Å². The Morgan fingerprint density at radius 2 is 1.31 bits per heavy atom. The number of anilines is 2. The molecule has 5 N–H and O–H groups in total. The normalized spacial score (nSPS) is 11.0. The zero-order valence-corrected chi connectivity index (χ0v) is 24.7. The second-order valence-electron chi connectivity index (χ2n) is 9.70. The van der Waals surface area contributed by atoms with E-state index in [1.165, 1.54) is 17.8 Å². The molecule has 0 aliphatic rings. The highest BCUT2D eigenvalue weighted by Gasteiger charge is 2.16. The number of thioether (sulfide) groups is 1. The molecule has 0 atom stereocenters. The predicted octanol–water partition coefficient (Wildman–Crippen LogP) is 6.19. The zero-order valence-electron chi connectivity index (χ0n) is 23.9. The van der Waals surface area contributed by atoms with Gasteiger partial charge < -0.3 is 26.1 Å². The summed E-state index contributed by atoms with van der Waals surface area (Å²) >= 11 is 1.32. The van der Waals surface area contributed by atoms with Crippen molar-refractivity contribution in [2.75, 3.05) is 16.4 Å². The van der Waals surface area contributed by atoms with Crippen molar-refractivity contribution in [1.29, 1.82) is 0 Å². The van der Waals surface area contributed by atoms with Gasteiger partial charge in [0.05, 0.1) is 5.75 Å². The molecule has 0 aliphatic carbocycles. The van der Waals surface area contributed by atoms with Crippen LogP contribution in [0.25, 0.3) is 17.4 Å². The molecule has 9 nitrogen and oxygen atoms in total. The lowest BCUT2D eigenvalue weighted by atomic mass is 10.2. The van der Waals surface area contributed by atoms with Gasteiger partial charge in [0.1, 0.15) is 17.2 Å². The number of primary amides is 1. The van der Waals surface area contributed by atoms with Gasteiger partial charge in [-0.1, -0.05) is 48.5 Å². The van der Waals surface area contributed by atoms with Gasteiger partial charge in [-0.05, 0) is 72.8 Å². The Hall–Kier alpha value is -5.87. The fourth-order valence-electron chi connectivity index (χ4n) is 4.17. The summed E-state index contributed by atoms with van der Waals surface area (Å²) in [6.45, 7) is 0. The van der Waals surface area contributed by atoms with Crippen molar-refractivity contribution in [3.8, 4) is 11.3 Å². The van der Waals surface area contributed by atoms with E-state index in [9.17, 15) is 19.2 Å². The molecular weight excluding hydrogens is 588 g/mol. The van der Waals surface area contributed by atoms with E-state index in [-0.39, 0.29) is 17.4 Å². The van der Waals surface area contributed by atoms with Crippen molar-refractivity contribution >= 4 is 52.8 Å². The van der Waals surface area contributed by atoms with Crippen molar-refractivity contribution in [2.45, 2.75) is 4.90 Å². The Kier molecular flexibility index (Phi) is 9.88. The highest BCUT2D eigenvalue weighted by molar-refractivity contribution is 8.00. The third-order valence-electron chi connectivity index (χ3n) is 6.44. The van der Waals surface area contributed by atoms with Gasteiger partial charge in [0.25, 0.3) is 11.8 Å². The fraction of sp³-hybridized carbons (Fsp3) is 0.0286. The maximum atomic E-state index is 13.4. The van der Waals surface area contributed by atoms with Gasteiger partial charge in [-0.15, -0.1) is 11.8 Å². The minimum atomic E-state index is -0.543. The van der Waals surface area contributed by atoms with Crippen LogP contribution >= 0.6 is 11.8 Å². The van der Waals surface area contributed by atoms with E-state index in [0.29, 0.717) is 34.0 Å². The smallest absolute Gasteiger partial charge is 0.272 e. The van der Waals surface area contributed by atoms with Crippen LogP contribution in [0.4, 0.5) is 11.4 Å². The molecule has 0 unspecified atom stereocenters. The quantitative estimate of drug-likeness (QED) is 0.103. The monoisotopic (exact) mass is 616 g/mol. The van der Waals surface area contributed by atoms with Crippen LogP contribution < -0.4 is 21.7 Å². The van der Waals surface area contributed by atoms with Gasteiger partial charge in [0.15, 0.2) is 0 Å². The van der Waals surface area contributed by atoms with Crippen molar-refractivity contribution in [3.05, 3.63) is 144 Å². The Balaban J connectivity index is 1.24. The molecule has 5 rings (SSSR count). The van der Waals surface area contributed by atoms with E-state index < -0.39 is 17.7 Å². The molecule has 0 saturated carbocycles. The second kappa shape index (κ2) is 14.5. The van der Waals surface area contributed by atoms with Crippen molar-refractivity contribution in [1.82, 2.24) is 5.32 Å². The third kappa shape index (κ3) is 8.59. The molecule has 5 aromatic rings. The Morgan fingerprint density at radius 1 is 0.689 bits per heavy atom. The summed E-state index contributed by atoms with van der Waals surface area (Å²) in [4.78, 5) is 50.7. The van der Waals surface area contributed by atoms with Gasteiger partial charge in [-0.2, -0.15) is 0 Å². The molecule has 0 aliphatic heterocycles. The summed E-state index contributed by atoms with van der Waals surface area (Å²) in [6.07, 6.45) is 1.48. The Labute approximate surface area is 263 Å². The summed E-state index contributed by atoms with van der Waals surface area (Å²) in [5.41, 5.74) is 7.92. The first-order valence-electron chi connectivity index (χ1n) is 13.8. The maximum Gasteiger partial charge on any atom is 0.272 e. The van der Waals surface area contributed by atoms with Gasteiger partial charge in [-0.3, -0.25) is 19.2 Å². The number of hydrogen-bond donors (Lipinski definition) is 4. The molecule has 4 amide bonds. The van der Waals surface area contributed by atoms with Crippen molar-refractivity contribution in [2.24, 2.45) is 5.73 Å². The molecule has 0 bridgehead atoms. The number of carbonyl (C=O) groups excluding carboxylic acids is 4. The van der Waals surface area contributed by atoms with Crippen LogP contribution in [0.1, 0.15) is 26.5 Å². The highest BCUT2D eigenvalue weighted by atomic mass is 32.2. The van der Waals surface area contributed by atoms with Crippen LogP contribution in [0.2, 0.25) is 0 Å². The summed E-state index contributed by atoms with van der Waals surface area (Å²) in [7, 11) is 0. The van der Waals surface area contributed by atoms with Crippen LogP contribution in [-0.4, -0.2) is 29.4 Å². The molecule has 0 radical (unpaired) electrons. The Bertz CT molecular complexity index is 1840. The predicted molar refractivity (Wildman–Crippen MR) is 175 cm³/mol. The van der Waals surface area contributed by atoms with E-state index in [1.807, 2.05) is 30.3 Å². The molecule has 224 valence electrons. The first-order valence-corrected chi connectivity index (χ1v) is 14.8. The summed E-state index contributed by atoms with van der Waals surface area (Å²) in [5, 5.41) is 8.28. The largest absolute Gasteiger partial charge is 0.457 e. The summed E-state index contributed by atoms with van der Waals surface area (Å²) in [5.74, 6) is -0.584. The number of rotatable bonds is 11. The van der Waals surface area contributed by atoms with Crippen LogP contribution in [0.5, 0.6) is 0 Å². The van der Waals surface area contributed by atoms with Crippen LogP contribution in [0.15, 0.2) is 136 Å². The maximum absolute atomic E-state index is 13.4. The molecule has 1 aromatic heterocycles. The molecule has 0 saturated heterocycles. The van der Waals surface area contributed by atoms with Gasteiger partial charge >= 0.3 is 0 Å². The van der Waals surface area contributed by atoms with Crippen molar-refractivity contribution < 1.29 is 23.6 Å². The number of carbonyl (C=O) groups is 4. The third-order valence-corrected chi connectivity index (χ3v) is 7.45. The second-order valence-corrected chi connectivity index (χ2v) is 10.8. The lowest BCUT2D eigenvalue weighted by molar-refractivity contribution is -0.114. The average molecular weight is 617 g/mol. The molecule has 1 heterocycles. The number of hydrogen-bond acceptors (Lipinski definition) is 6. The molecule has 0 fully saturated rings. The molecule has 4 aromatic carbocycles. The SMILES string of the molecule is NC(=O)c1ccc(NC(=O)CSc2ccc(NC(=O)C(=Cc3ccc(-c4ccccc4)o3)NC(=O)c3ccccc3)cc2)cc1. The van der Waals surface area contributed by atoms with E-state index >= 15 is 0 Å². The number of nitrogens with one attached hydrogen (secondary N) is 3. The lowest BCUT2D eigenvalue weighted by Gasteiger charge is -2.11. The fourth-order valence-corrected chi connectivity index (χ4v) is 4.87. The lowest BCUT2D eigenvalue weighted by Crippen LogP contribution is -2.30. The van der Waals surface area contributed by atoms with E-state index in [0.717, 1.165) is 10.5 Å². The minimum absolute atomic E-state index is 0.00296. The Morgan fingerprint density at radius 3 is 1.98 bits per heavy atom. The molecule has 45 heavy (non-hydrogen) atoms. The van der Waals surface area contributed by atoms with E-state index in [1.54, 1.807) is 91.0 Å². The van der Waals surface area contributed by atoms with E-state index in [4.69, 9.17) is 10.2 Å². The highest BCUT2D eigenvalue weighted by Crippen LogP contribution is 2.24. The zero-order chi connectivity index (χ0) is 31.6. The minimum Gasteiger partial charge on any atom is -0.457 e.